The van der Waals surface area contributed by atoms with Crippen molar-refractivity contribution < 1.29 is 0 Å². The zero-order valence-electron chi connectivity index (χ0n) is 6.85. The number of rotatable bonds is 2. The molecule has 1 rings (SSSR count). The van der Waals surface area contributed by atoms with Gasteiger partial charge in [-0.3, -0.25) is 0 Å². The zero-order valence-corrected chi connectivity index (χ0v) is 9.19. The van der Waals surface area contributed by atoms with Crippen LogP contribution in [0.2, 0.25) is 5.02 Å². The lowest BCUT2D eigenvalue weighted by atomic mass is 10.1. The van der Waals surface area contributed by atoms with Crippen LogP contribution in [0.4, 0.5) is 0 Å². The van der Waals surface area contributed by atoms with Crippen molar-refractivity contribution in [3.63, 3.8) is 0 Å². The van der Waals surface area contributed by atoms with Crippen LogP contribution in [0.3, 0.4) is 0 Å². The molecule has 1 aromatic rings. The highest BCUT2D eigenvalue weighted by Gasteiger charge is 2.07. The molecule has 1 aromatic carbocycles. The standard InChI is InChI=1S/C9H11BrClN/c1-2-9(12)7-4-3-6(10)5-8(7)11/h3-5,9H,2,12H2,1H3/t9-/m1/s1. The molecule has 0 saturated heterocycles. The van der Waals surface area contributed by atoms with Crippen LogP contribution < -0.4 is 5.73 Å². The van der Waals surface area contributed by atoms with Crippen LogP contribution in [0.1, 0.15) is 24.9 Å². The summed E-state index contributed by atoms with van der Waals surface area (Å²) in [5.41, 5.74) is 6.86. The van der Waals surface area contributed by atoms with Crippen LogP contribution in [0.5, 0.6) is 0 Å². The Bertz CT molecular complexity index is 275. The molecule has 0 saturated carbocycles. The predicted octanol–water partition coefficient (Wildman–Crippen LogP) is 3.51. The molecule has 0 aromatic heterocycles. The number of benzene rings is 1. The highest BCUT2D eigenvalue weighted by Crippen LogP contribution is 2.26. The molecule has 66 valence electrons. The van der Waals surface area contributed by atoms with E-state index in [9.17, 15) is 0 Å². The van der Waals surface area contributed by atoms with Crippen LogP contribution >= 0.6 is 27.5 Å². The van der Waals surface area contributed by atoms with E-state index >= 15 is 0 Å². The fraction of sp³-hybridized carbons (Fsp3) is 0.333. The number of halogens is 2. The first-order valence-corrected chi connectivity index (χ1v) is 5.02. The van der Waals surface area contributed by atoms with Crippen LogP contribution in [-0.2, 0) is 0 Å². The molecular formula is C9H11BrClN. The van der Waals surface area contributed by atoms with Crippen molar-refractivity contribution in [1.29, 1.82) is 0 Å². The molecule has 0 bridgehead atoms. The van der Waals surface area contributed by atoms with E-state index in [0.717, 1.165) is 21.5 Å². The Balaban J connectivity index is 3.01. The molecule has 0 fully saturated rings. The second kappa shape index (κ2) is 4.26. The first kappa shape index (κ1) is 10.0. The monoisotopic (exact) mass is 247 g/mol. The SMILES string of the molecule is CC[C@@H](N)c1ccc(Br)cc1Cl. The Hall–Kier alpha value is -0.0500. The molecule has 0 aliphatic rings. The van der Waals surface area contributed by atoms with E-state index in [2.05, 4.69) is 15.9 Å². The Morgan fingerprint density at radius 2 is 2.25 bits per heavy atom. The van der Waals surface area contributed by atoms with Crippen molar-refractivity contribution in [1.82, 2.24) is 0 Å². The minimum Gasteiger partial charge on any atom is -0.324 e. The fourth-order valence-electron chi connectivity index (χ4n) is 1.02. The van der Waals surface area contributed by atoms with Crippen molar-refractivity contribution >= 4 is 27.5 Å². The molecule has 0 radical (unpaired) electrons. The van der Waals surface area contributed by atoms with Gasteiger partial charge in [0.05, 0.1) is 0 Å². The Morgan fingerprint density at radius 1 is 1.58 bits per heavy atom. The van der Waals surface area contributed by atoms with Gasteiger partial charge in [0.15, 0.2) is 0 Å². The van der Waals surface area contributed by atoms with Crippen LogP contribution in [0, 0.1) is 0 Å². The molecule has 0 spiro atoms. The average Bonchev–Trinajstić information content (AvgIpc) is 2.03. The summed E-state index contributed by atoms with van der Waals surface area (Å²) in [6.07, 6.45) is 0.904. The molecule has 12 heavy (non-hydrogen) atoms. The summed E-state index contributed by atoms with van der Waals surface area (Å²) in [7, 11) is 0. The van der Waals surface area contributed by atoms with Crippen LogP contribution in [0.15, 0.2) is 22.7 Å². The summed E-state index contributed by atoms with van der Waals surface area (Å²) in [5, 5.41) is 0.735. The smallest absolute Gasteiger partial charge is 0.0464 e. The fourth-order valence-corrected chi connectivity index (χ4v) is 1.84. The quantitative estimate of drug-likeness (QED) is 0.851. The maximum Gasteiger partial charge on any atom is 0.0464 e. The molecule has 1 nitrogen and oxygen atoms in total. The van der Waals surface area contributed by atoms with E-state index < -0.39 is 0 Å². The van der Waals surface area contributed by atoms with E-state index in [4.69, 9.17) is 17.3 Å². The van der Waals surface area contributed by atoms with Crippen LogP contribution in [0.25, 0.3) is 0 Å². The molecule has 0 aliphatic carbocycles. The molecule has 0 amide bonds. The van der Waals surface area contributed by atoms with Gasteiger partial charge in [-0.05, 0) is 24.1 Å². The summed E-state index contributed by atoms with van der Waals surface area (Å²) in [6.45, 7) is 2.04. The third-order valence-corrected chi connectivity index (χ3v) is 2.62. The second-order valence-electron chi connectivity index (χ2n) is 2.68. The Kier molecular flexibility index (Phi) is 3.56. The minimum absolute atomic E-state index is 0.0469. The van der Waals surface area contributed by atoms with Gasteiger partial charge in [-0.1, -0.05) is 40.5 Å². The van der Waals surface area contributed by atoms with E-state index in [-0.39, 0.29) is 6.04 Å². The van der Waals surface area contributed by atoms with E-state index in [1.54, 1.807) is 0 Å². The minimum atomic E-state index is 0.0469. The summed E-state index contributed by atoms with van der Waals surface area (Å²) >= 11 is 9.34. The van der Waals surface area contributed by atoms with Gasteiger partial charge < -0.3 is 5.73 Å². The third-order valence-electron chi connectivity index (χ3n) is 1.80. The lowest BCUT2D eigenvalue weighted by Gasteiger charge is -2.10. The number of hydrogen-bond donors (Lipinski definition) is 1. The van der Waals surface area contributed by atoms with Gasteiger partial charge in [0, 0.05) is 15.5 Å². The Labute approximate surface area is 86.0 Å². The molecule has 2 N–H and O–H groups in total. The Morgan fingerprint density at radius 3 is 2.75 bits per heavy atom. The molecular weight excluding hydrogens is 237 g/mol. The lowest BCUT2D eigenvalue weighted by Crippen LogP contribution is -2.08. The molecule has 0 heterocycles. The topological polar surface area (TPSA) is 26.0 Å². The molecule has 1 atom stereocenters. The van der Waals surface area contributed by atoms with Crippen molar-refractivity contribution in [2.75, 3.05) is 0 Å². The maximum absolute atomic E-state index is 5.99. The normalized spacial score (nSPS) is 13.0. The predicted molar refractivity (Wildman–Crippen MR) is 56.4 cm³/mol. The van der Waals surface area contributed by atoms with E-state index in [1.807, 2.05) is 25.1 Å². The van der Waals surface area contributed by atoms with Gasteiger partial charge in [-0.25, -0.2) is 0 Å². The zero-order chi connectivity index (χ0) is 9.14. The van der Waals surface area contributed by atoms with Gasteiger partial charge in [-0.15, -0.1) is 0 Å². The van der Waals surface area contributed by atoms with Gasteiger partial charge in [0.25, 0.3) is 0 Å². The molecule has 3 heteroatoms. The van der Waals surface area contributed by atoms with Gasteiger partial charge in [-0.2, -0.15) is 0 Å². The van der Waals surface area contributed by atoms with Gasteiger partial charge >= 0.3 is 0 Å². The lowest BCUT2D eigenvalue weighted by molar-refractivity contribution is 0.699. The summed E-state index contributed by atoms with van der Waals surface area (Å²) < 4.78 is 0.986. The largest absolute Gasteiger partial charge is 0.324 e. The molecule has 0 unspecified atom stereocenters. The summed E-state index contributed by atoms with van der Waals surface area (Å²) in [5.74, 6) is 0. The average molecular weight is 249 g/mol. The van der Waals surface area contributed by atoms with Crippen LogP contribution in [-0.4, -0.2) is 0 Å². The van der Waals surface area contributed by atoms with Gasteiger partial charge in [0.1, 0.15) is 0 Å². The van der Waals surface area contributed by atoms with Gasteiger partial charge in [0.2, 0.25) is 0 Å². The van der Waals surface area contributed by atoms with E-state index in [1.165, 1.54) is 0 Å². The van der Waals surface area contributed by atoms with Crippen molar-refractivity contribution in [2.45, 2.75) is 19.4 Å². The third kappa shape index (κ3) is 2.22. The highest BCUT2D eigenvalue weighted by atomic mass is 79.9. The molecule has 0 aliphatic heterocycles. The van der Waals surface area contributed by atoms with E-state index in [0.29, 0.717) is 0 Å². The summed E-state index contributed by atoms with van der Waals surface area (Å²) in [4.78, 5) is 0. The van der Waals surface area contributed by atoms with Crippen molar-refractivity contribution in [3.05, 3.63) is 33.3 Å². The van der Waals surface area contributed by atoms with Crippen molar-refractivity contribution in [3.8, 4) is 0 Å². The first-order valence-electron chi connectivity index (χ1n) is 3.85. The maximum atomic E-state index is 5.99. The number of nitrogens with two attached hydrogens (primary N) is 1. The highest BCUT2D eigenvalue weighted by molar-refractivity contribution is 9.10. The van der Waals surface area contributed by atoms with Crippen molar-refractivity contribution in [2.24, 2.45) is 5.73 Å². The number of hydrogen-bond acceptors (Lipinski definition) is 1. The first-order chi connectivity index (χ1) is 5.65. The second-order valence-corrected chi connectivity index (χ2v) is 4.00. The summed E-state index contributed by atoms with van der Waals surface area (Å²) in [6, 6.07) is 5.83.